The van der Waals surface area contributed by atoms with Crippen LogP contribution in [0.1, 0.15) is 21.6 Å². The predicted molar refractivity (Wildman–Crippen MR) is 87.5 cm³/mol. The van der Waals surface area contributed by atoms with E-state index >= 15 is 0 Å². The first kappa shape index (κ1) is 15.7. The van der Waals surface area contributed by atoms with Gasteiger partial charge in [0.25, 0.3) is 5.91 Å². The Balaban J connectivity index is 1.79. The Morgan fingerprint density at radius 1 is 1.19 bits per heavy atom. The van der Waals surface area contributed by atoms with Crippen molar-refractivity contribution in [2.45, 2.75) is 26.9 Å². The van der Waals surface area contributed by atoms with Crippen molar-refractivity contribution >= 4 is 17.2 Å². The summed E-state index contributed by atoms with van der Waals surface area (Å²) in [6, 6.07) is 10.3. The summed E-state index contributed by atoms with van der Waals surface area (Å²) in [5, 5.41) is 5.12. The zero-order valence-corrected chi connectivity index (χ0v) is 13.7. The second-order valence-corrected chi connectivity index (χ2v) is 6.54. The van der Waals surface area contributed by atoms with Gasteiger partial charge in [-0.3, -0.25) is 4.79 Å². The highest BCUT2D eigenvalue weighted by atomic mass is 32.1. The van der Waals surface area contributed by atoms with Gasteiger partial charge in [-0.05, 0) is 42.0 Å². The Labute approximate surface area is 130 Å². The maximum absolute atomic E-state index is 12.0. The fourth-order valence-electron chi connectivity index (χ4n) is 2.26. The van der Waals surface area contributed by atoms with Crippen LogP contribution in [0.5, 0.6) is 0 Å². The largest absolute Gasteiger partial charge is 0.347 e. The third-order valence-electron chi connectivity index (χ3n) is 3.63. The summed E-state index contributed by atoms with van der Waals surface area (Å²) >= 11 is 1.76. The van der Waals surface area contributed by atoms with E-state index in [1.165, 1.54) is 26.5 Å². The number of carbonyl (C=O) groups excluding carboxylic acids is 1. The van der Waals surface area contributed by atoms with E-state index < -0.39 is 0 Å². The fraction of sp³-hybridized carbons (Fsp3) is 0.353. The Kier molecular flexibility index (Phi) is 5.53. The quantitative estimate of drug-likeness (QED) is 0.837. The molecule has 1 aromatic heterocycles. The van der Waals surface area contributed by atoms with Crippen LogP contribution in [0, 0.1) is 13.8 Å². The Bertz CT molecular complexity index is 606. The van der Waals surface area contributed by atoms with Crippen LogP contribution in [0.2, 0.25) is 0 Å². The van der Waals surface area contributed by atoms with Gasteiger partial charge in [0.2, 0.25) is 0 Å². The molecular weight excluding hydrogens is 280 g/mol. The first-order valence-corrected chi connectivity index (χ1v) is 8.09. The molecule has 0 bridgehead atoms. The normalized spacial score (nSPS) is 12.1. The number of aryl methyl sites for hydroxylation is 2. The summed E-state index contributed by atoms with van der Waals surface area (Å²) in [5.41, 5.74) is 3.71. The fourth-order valence-corrected chi connectivity index (χ4v) is 3.28. The summed E-state index contributed by atoms with van der Waals surface area (Å²) < 4.78 is 0. The molecule has 2 aromatic rings. The van der Waals surface area contributed by atoms with Crippen molar-refractivity contribution in [3.8, 4) is 0 Å². The molecule has 0 saturated heterocycles. The molecule has 0 aliphatic rings. The van der Waals surface area contributed by atoms with Gasteiger partial charge in [0.1, 0.15) is 6.54 Å². The van der Waals surface area contributed by atoms with Gasteiger partial charge in [-0.2, -0.15) is 0 Å². The van der Waals surface area contributed by atoms with Gasteiger partial charge in [0.15, 0.2) is 6.54 Å². The van der Waals surface area contributed by atoms with Gasteiger partial charge in [0, 0.05) is 6.54 Å². The second-order valence-electron chi connectivity index (χ2n) is 5.54. The van der Waals surface area contributed by atoms with Crippen molar-refractivity contribution in [2.24, 2.45) is 0 Å². The van der Waals surface area contributed by atoms with Gasteiger partial charge >= 0.3 is 0 Å². The zero-order valence-electron chi connectivity index (χ0n) is 12.9. The summed E-state index contributed by atoms with van der Waals surface area (Å²) in [7, 11) is 2.06. The monoisotopic (exact) mass is 303 g/mol. The summed E-state index contributed by atoms with van der Waals surface area (Å²) in [6.45, 7) is 6.21. The average molecular weight is 303 g/mol. The zero-order chi connectivity index (χ0) is 15.2. The molecule has 21 heavy (non-hydrogen) atoms. The number of thiophene rings is 1. The highest BCUT2D eigenvalue weighted by Crippen LogP contribution is 2.13. The third-order valence-corrected chi connectivity index (χ3v) is 4.65. The molecule has 2 rings (SSSR count). The Hall–Kier alpha value is -1.65. The van der Waals surface area contributed by atoms with E-state index in [9.17, 15) is 4.79 Å². The minimum atomic E-state index is 0.102. The van der Waals surface area contributed by atoms with E-state index in [4.69, 9.17) is 0 Å². The van der Waals surface area contributed by atoms with Crippen molar-refractivity contribution in [3.05, 3.63) is 57.3 Å². The minimum Gasteiger partial charge on any atom is -0.347 e. The molecule has 0 fully saturated rings. The Morgan fingerprint density at radius 2 is 1.95 bits per heavy atom. The molecule has 0 aliphatic carbocycles. The summed E-state index contributed by atoms with van der Waals surface area (Å²) in [4.78, 5) is 14.6. The molecule has 3 nitrogen and oxygen atoms in total. The standard InChI is InChI=1S/C17H22N2OS/c1-13-6-4-5-7-15(13)10-18-17(20)12-19(3)11-16-14(2)8-9-21-16/h4-9H,10-12H2,1-3H3,(H,18,20)/p+1. The molecular formula is C17H23N2OS+. The molecule has 0 spiro atoms. The van der Waals surface area contributed by atoms with E-state index in [2.05, 4.69) is 49.8 Å². The van der Waals surface area contributed by atoms with Crippen molar-refractivity contribution < 1.29 is 9.69 Å². The number of hydrogen-bond donors (Lipinski definition) is 2. The van der Waals surface area contributed by atoms with Crippen LogP contribution >= 0.6 is 11.3 Å². The smallest absolute Gasteiger partial charge is 0.275 e. The lowest BCUT2D eigenvalue weighted by Gasteiger charge is -2.14. The molecule has 1 unspecified atom stereocenters. The average Bonchev–Trinajstić information content (AvgIpc) is 2.83. The highest BCUT2D eigenvalue weighted by molar-refractivity contribution is 7.10. The first-order chi connectivity index (χ1) is 10.1. The lowest BCUT2D eigenvalue weighted by Crippen LogP contribution is -3.08. The van der Waals surface area contributed by atoms with Gasteiger partial charge in [-0.15, -0.1) is 11.3 Å². The van der Waals surface area contributed by atoms with Crippen molar-refractivity contribution in [2.75, 3.05) is 13.6 Å². The summed E-state index contributed by atoms with van der Waals surface area (Å²) in [5.74, 6) is 0.102. The SMILES string of the molecule is Cc1ccccc1CNC(=O)C[NH+](C)Cc1sccc1C. The van der Waals surface area contributed by atoms with Crippen LogP contribution in [0.15, 0.2) is 35.7 Å². The lowest BCUT2D eigenvalue weighted by molar-refractivity contribution is -0.885. The molecule has 1 aromatic carbocycles. The van der Waals surface area contributed by atoms with Crippen LogP contribution in [-0.2, 0) is 17.9 Å². The second kappa shape index (κ2) is 7.38. The maximum Gasteiger partial charge on any atom is 0.275 e. The van der Waals surface area contributed by atoms with Gasteiger partial charge < -0.3 is 10.2 Å². The number of amides is 1. The molecule has 1 heterocycles. The number of hydrogen-bond acceptors (Lipinski definition) is 2. The van der Waals surface area contributed by atoms with Crippen LogP contribution in [0.3, 0.4) is 0 Å². The van der Waals surface area contributed by atoms with E-state index in [1.807, 2.05) is 12.1 Å². The van der Waals surface area contributed by atoms with Crippen molar-refractivity contribution in [1.29, 1.82) is 0 Å². The van der Waals surface area contributed by atoms with Crippen molar-refractivity contribution in [1.82, 2.24) is 5.32 Å². The van der Waals surface area contributed by atoms with E-state index in [0.717, 1.165) is 6.54 Å². The Morgan fingerprint density at radius 3 is 2.62 bits per heavy atom. The van der Waals surface area contributed by atoms with Crippen LogP contribution < -0.4 is 10.2 Å². The summed E-state index contributed by atoms with van der Waals surface area (Å²) in [6.07, 6.45) is 0. The highest BCUT2D eigenvalue weighted by Gasteiger charge is 2.12. The minimum absolute atomic E-state index is 0.102. The molecule has 0 radical (unpaired) electrons. The molecule has 0 aliphatic heterocycles. The van der Waals surface area contributed by atoms with Gasteiger partial charge in [-0.1, -0.05) is 24.3 Å². The lowest BCUT2D eigenvalue weighted by atomic mass is 10.1. The molecule has 2 N–H and O–H groups in total. The van der Waals surface area contributed by atoms with Crippen LogP contribution in [0.25, 0.3) is 0 Å². The third kappa shape index (κ3) is 4.69. The van der Waals surface area contributed by atoms with E-state index in [1.54, 1.807) is 11.3 Å². The number of likely N-dealkylation sites (N-methyl/N-ethyl adjacent to an activating group) is 1. The van der Waals surface area contributed by atoms with Crippen LogP contribution in [0.4, 0.5) is 0 Å². The molecule has 1 amide bonds. The molecule has 4 heteroatoms. The molecule has 1 atom stereocenters. The van der Waals surface area contributed by atoms with Gasteiger partial charge in [-0.25, -0.2) is 0 Å². The van der Waals surface area contributed by atoms with E-state index in [0.29, 0.717) is 13.1 Å². The number of carbonyl (C=O) groups is 1. The topological polar surface area (TPSA) is 33.5 Å². The molecule has 0 saturated carbocycles. The van der Waals surface area contributed by atoms with Gasteiger partial charge in [0.05, 0.1) is 11.9 Å². The maximum atomic E-state index is 12.0. The number of rotatable bonds is 6. The van der Waals surface area contributed by atoms with Crippen LogP contribution in [-0.4, -0.2) is 19.5 Å². The first-order valence-electron chi connectivity index (χ1n) is 7.21. The van der Waals surface area contributed by atoms with E-state index in [-0.39, 0.29) is 5.91 Å². The number of quaternary nitrogens is 1. The number of benzene rings is 1. The van der Waals surface area contributed by atoms with Crippen molar-refractivity contribution in [3.63, 3.8) is 0 Å². The number of nitrogens with one attached hydrogen (secondary N) is 2. The predicted octanol–water partition coefficient (Wildman–Crippen LogP) is 1.70. The molecule has 112 valence electrons.